The Labute approximate surface area is 158 Å². The Kier molecular flexibility index (Phi) is 4.39. The van der Waals surface area contributed by atoms with Crippen LogP contribution in [0.5, 0.6) is 0 Å². The molecule has 1 atom stereocenters. The van der Waals surface area contributed by atoms with Crippen LogP contribution in [0.2, 0.25) is 0 Å². The van der Waals surface area contributed by atoms with E-state index in [-0.39, 0.29) is 17.4 Å². The van der Waals surface area contributed by atoms with Crippen LogP contribution in [0.15, 0.2) is 55.1 Å². The Morgan fingerprint density at radius 2 is 2.11 bits per heavy atom. The van der Waals surface area contributed by atoms with Gasteiger partial charge in [0.15, 0.2) is 0 Å². The lowest BCUT2D eigenvalue weighted by Crippen LogP contribution is -2.36. The number of rotatable bonds is 4. The van der Waals surface area contributed by atoms with E-state index in [0.29, 0.717) is 0 Å². The summed E-state index contributed by atoms with van der Waals surface area (Å²) in [5.74, 6) is -0.120. The van der Waals surface area contributed by atoms with Gasteiger partial charge >= 0.3 is 0 Å². The number of nitrogens with one attached hydrogen (secondary N) is 2. The van der Waals surface area contributed by atoms with E-state index in [4.69, 9.17) is 0 Å². The third kappa shape index (κ3) is 3.69. The second-order valence-corrected chi connectivity index (χ2v) is 7.74. The largest absolute Gasteiger partial charge is 0.346 e. The molecule has 138 valence electrons. The van der Waals surface area contributed by atoms with Crippen LogP contribution in [0.3, 0.4) is 0 Å². The summed E-state index contributed by atoms with van der Waals surface area (Å²) in [6.07, 6.45) is 10.2. The monoisotopic (exact) mass is 361 g/mol. The quantitative estimate of drug-likeness (QED) is 0.699. The normalized spacial score (nSPS) is 18.4. The predicted octanol–water partition coefficient (Wildman–Crippen LogP) is 3.44. The number of nitrogens with zero attached hydrogens (tertiary/aromatic N) is 3. The highest BCUT2D eigenvalue weighted by molar-refractivity contribution is 5.91. The molecule has 0 radical (unpaired) electrons. The summed E-state index contributed by atoms with van der Waals surface area (Å²) >= 11 is 0. The molecule has 1 aromatic carbocycles. The maximum absolute atomic E-state index is 12.4. The molecule has 0 bridgehead atoms. The van der Waals surface area contributed by atoms with Crippen LogP contribution >= 0.6 is 0 Å². The fourth-order valence-electron chi connectivity index (χ4n) is 3.71. The fraction of sp³-hybridized carbons (Fsp3) is 0.286. The van der Waals surface area contributed by atoms with Gasteiger partial charge in [0.05, 0.1) is 41.8 Å². The zero-order chi connectivity index (χ0) is 18.9. The molecule has 1 aliphatic carbocycles. The van der Waals surface area contributed by atoms with Gasteiger partial charge in [-0.1, -0.05) is 32.0 Å². The minimum atomic E-state index is -0.120. The molecule has 3 aromatic rings. The topological polar surface area (TPSA) is 75.6 Å². The van der Waals surface area contributed by atoms with E-state index in [9.17, 15) is 4.79 Å². The van der Waals surface area contributed by atoms with Crippen LogP contribution in [-0.4, -0.2) is 25.7 Å². The van der Waals surface area contributed by atoms with E-state index >= 15 is 0 Å². The number of para-hydroxylation sites is 1. The molecule has 6 nitrogen and oxygen atoms in total. The fourth-order valence-corrected chi connectivity index (χ4v) is 3.71. The van der Waals surface area contributed by atoms with Gasteiger partial charge in [-0.25, -0.2) is 9.67 Å². The summed E-state index contributed by atoms with van der Waals surface area (Å²) in [5, 5.41) is 7.76. The molecule has 0 saturated heterocycles. The Morgan fingerprint density at radius 3 is 2.85 bits per heavy atom. The molecule has 4 rings (SSSR count). The van der Waals surface area contributed by atoms with E-state index < -0.39 is 0 Å². The number of aromatic amines is 1. The molecular weight excluding hydrogens is 338 g/mol. The number of imidazole rings is 1. The highest BCUT2D eigenvalue weighted by atomic mass is 16.1. The van der Waals surface area contributed by atoms with Gasteiger partial charge in [-0.2, -0.15) is 5.10 Å². The molecule has 0 fully saturated rings. The van der Waals surface area contributed by atoms with E-state index in [1.807, 2.05) is 29.1 Å². The summed E-state index contributed by atoms with van der Waals surface area (Å²) in [4.78, 5) is 19.3. The maximum atomic E-state index is 12.4. The molecule has 1 amide bonds. The van der Waals surface area contributed by atoms with E-state index in [1.165, 1.54) is 11.8 Å². The zero-order valence-electron chi connectivity index (χ0n) is 15.5. The molecule has 2 heterocycles. The zero-order valence-corrected chi connectivity index (χ0v) is 15.5. The molecule has 6 heteroatoms. The number of hydrogen-bond acceptors (Lipinski definition) is 3. The van der Waals surface area contributed by atoms with Crippen LogP contribution < -0.4 is 5.32 Å². The SMILES string of the molecule is CC1(C)Cc2c(cnn2-c2ccccc2)[C@H](NC(=O)/C=C/c2cnc[nH]2)C1. The van der Waals surface area contributed by atoms with Crippen LogP contribution in [-0.2, 0) is 11.2 Å². The van der Waals surface area contributed by atoms with Crippen molar-refractivity contribution in [1.29, 1.82) is 0 Å². The van der Waals surface area contributed by atoms with Crippen molar-refractivity contribution in [2.24, 2.45) is 5.41 Å². The van der Waals surface area contributed by atoms with E-state index in [0.717, 1.165) is 29.8 Å². The van der Waals surface area contributed by atoms with E-state index in [2.05, 4.69) is 46.4 Å². The standard InChI is InChI=1S/C21H23N5O/c1-21(2)10-18(25-20(27)9-8-15-12-22-14-23-15)17-13-24-26(19(17)11-21)16-6-4-3-5-7-16/h3-9,12-14,18H,10-11H2,1-2H3,(H,22,23)(H,25,27)/b9-8+/t18-/m1/s1. The lowest BCUT2D eigenvalue weighted by Gasteiger charge is -2.35. The number of benzene rings is 1. The summed E-state index contributed by atoms with van der Waals surface area (Å²) in [7, 11) is 0. The summed E-state index contributed by atoms with van der Waals surface area (Å²) in [5.41, 5.74) is 4.18. The first-order valence-corrected chi connectivity index (χ1v) is 9.11. The Morgan fingerprint density at radius 1 is 1.30 bits per heavy atom. The first kappa shape index (κ1) is 17.3. The number of carbonyl (C=O) groups is 1. The lowest BCUT2D eigenvalue weighted by molar-refractivity contribution is -0.117. The van der Waals surface area contributed by atoms with Crippen LogP contribution in [0.25, 0.3) is 11.8 Å². The van der Waals surface area contributed by atoms with Gasteiger partial charge in [0, 0.05) is 11.6 Å². The average molecular weight is 361 g/mol. The number of hydrogen-bond donors (Lipinski definition) is 2. The molecule has 0 spiro atoms. The first-order valence-electron chi connectivity index (χ1n) is 9.11. The number of fused-ring (bicyclic) bond motifs is 1. The van der Waals surface area contributed by atoms with Gasteiger partial charge < -0.3 is 10.3 Å². The first-order chi connectivity index (χ1) is 13.0. The smallest absolute Gasteiger partial charge is 0.244 e. The van der Waals surface area contributed by atoms with Crippen molar-refractivity contribution in [3.63, 3.8) is 0 Å². The number of amides is 1. The van der Waals surface area contributed by atoms with Gasteiger partial charge in [0.25, 0.3) is 0 Å². The molecule has 2 N–H and O–H groups in total. The molecule has 0 aliphatic heterocycles. The molecule has 0 saturated carbocycles. The van der Waals surface area contributed by atoms with Gasteiger partial charge in [-0.3, -0.25) is 4.79 Å². The number of H-pyrrole nitrogens is 1. The second-order valence-electron chi connectivity index (χ2n) is 7.74. The van der Waals surface area contributed by atoms with Crippen molar-refractivity contribution in [3.05, 3.63) is 72.1 Å². The van der Waals surface area contributed by atoms with Crippen LogP contribution in [0.4, 0.5) is 0 Å². The Hall–Kier alpha value is -3.15. The van der Waals surface area contributed by atoms with E-state index in [1.54, 1.807) is 18.6 Å². The van der Waals surface area contributed by atoms with Crippen LogP contribution in [0.1, 0.15) is 43.3 Å². The molecule has 0 unspecified atom stereocenters. The van der Waals surface area contributed by atoms with Gasteiger partial charge in [0.2, 0.25) is 5.91 Å². The van der Waals surface area contributed by atoms with Crippen molar-refractivity contribution in [3.8, 4) is 5.69 Å². The summed E-state index contributed by atoms with van der Waals surface area (Å²) < 4.78 is 2.00. The second kappa shape index (κ2) is 6.87. The van der Waals surface area contributed by atoms with Crippen LogP contribution in [0, 0.1) is 5.41 Å². The summed E-state index contributed by atoms with van der Waals surface area (Å²) in [6, 6.07) is 10.1. The van der Waals surface area contributed by atoms with Gasteiger partial charge in [-0.05, 0) is 36.5 Å². The molecule has 27 heavy (non-hydrogen) atoms. The maximum Gasteiger partial charge on any atom is 0.244 e. The minimum Gasteiger partial charge on any atom is -0.346 e. The molecule has 2 aromatic heterocycles. The number of carbonyl (C=O) groups excluding carboxylic acids is 1. The molecule has 1 aliphatic rings. The predicted molar refractivity (Wildman–Crippen MR) is 104 cm³/mol. The van der Waals surface area contributed by atoms with Crippen molar-refractivity contribution < 1.29 is 4.79 Å². The Bertz CT molecular complexity index is 954. The van der Waals surface area contributed by atoms with Gasteiger partial charge in [-0.15, -0.1) is 0 Å². The third-order valence-electron chi connectivity index (χ3n) is 4.93. The number of aromatic nitrogens is 4. The highest BCUT2D eigenvalue weighted by Gasteiger charge is 2.35. The molecular formula is C21H23N5O. The average Bonchev–Trinajstić information content (AvgIpc) is 3.29. The lowest BCUT2D eigenvalue weighted by atomic mass is 9.74. The Balaban J connectivity index is 1.60. The minimum absolute atomic E-state index is 0.0554. The van der Waals surface area contributed by atoms with Crippen molar-refractivity contribution in [2.75, 3.05) is 0 Å². The van der Waals surface area contributed by atoms with Gasteiger partial charge in [0.1, 0.15) is 0 Å². The van der Waals surface area contributed by atoms with Crippen molar-refractivity contribution in [2.45, 2.75) is 32.7 Å². The van der Waals surface area contributed by atoms with Crippen molar-refractivity contribution >= 4 is 12.0 Å². The highest BCUT2D eigenvalue weighted by Crippen LogP contribution is 2.41. The summed E-state index contributed by atoms with van der Waals surface area (Å²) in [6.45, 7) is 4.47. The third-order valence-corrected chi connectivity index (χ3v) is 4.93. The van der Waals surface area contributed by atoms with Crippen molar-refractivity contribution in [1.82, 2.24) is 25.1 Å².